The first-order valence-electron chi connectivity index (χ1n) is 3.87. The summed E-state index contributed by atoms with van der Waals surface area (Å²) >= 11 is 0. The van der Waals surface area contributed by atoms with Crippen molar-refractivity contribution in [2.24, 2.45) is 0 Å². The summed E-state index contributed by atoms with van der Waals surface area (Å²) < 4.78 is 25.7. The highest BCUT2D eigenvalue weighted by atomic mass is 19.3. The Kier molecular flexibility index (Phi) is 2.86. The van der Waals surface area contributed by atoms with Gasteiger partial charge in [-0.25, -0.2) is 9.97 Å². The third-order valence-corrected chi connectivity index (χ3v) is 1.41. The van der Waals surface area contributed by atoms with E-state index in [1.54, 1.807) is 6.07 Å². The Morgan fingerprint density at radius 3 is 2.40 bits per heavy atom. The van der Waals surface area contributed by atoms with Crippen molar-refractivity contribution in [1.82, 2.24) is 15.0 Å². The molecule has 1 aromatic rings. The first-order chi connectivity index (χ1) is 6.97. The van der Waals surface area contributed by atoms with Gasteiger partial charge in [-0.15, -0.1) is 0 Å². The van der Waals surface area contributed by atoms with Crippen LogP contribution in [0, 0.1) is 22.7 Å². The predicted octanol–water partition coefficient (Wildman–Crippen LogP) is 0.921. The summed E-state index contributed by atoms with van der Waals surface area (Å²) in [5.74, 6) is -4.58. The number of hydrogen-bond donors (Lipinski definition) is 0. The van der Waals surface area contributed by atoms with Crippen LogP contribution in [-0.4, -0.2) is 15.0 Å². The van der Waals surface area contributed by atoms with E-state index in [0.29, 0.717) is 6.92 Å². The van der Waals surface area contributed by atoms with E-state index in [9.17, 15) is 8.78 Å². The van der Waals surface area contributed by atoms with Gasteiger partial charge in [-0.2, -0.15) is 24.3 Å². The molecule has 0 saturated carbocycles. The molecule has 0 spiro atoms. The summed E-state index contributed by atoms with van der Waals surface area (Å²) in [4.78, 5) is 10.2. The summed E-state index contributed by atoms with van der Waals surface area (Å²) in [7, 11) is 0. The SMILES string of the molecule is CC(F)(F)c1nc(C#N)nc(CC#N)n1. The molecule has 5 nitrogen and oxygen atoms in total. The number of hydrogen-bond acceptors (Lipinski definition) is 5. The van der Waals surface area contributed by atoms with Gasteiger partial charge in [0, 0.05) is 6.92 Å². The molecule has 1 rings (SSSR count). The van der Waals surface area contributed by atoms with E-state index in [-0.39, 0.29) is 12.2 Å². The van der Waals surface area contributed by atoms with E-state index >= 15 is 0 Å². The van der Waals surface area contributed by atoms with Crippen LogP contribution in [0.15, 0.2) is 0 Å². The first-order valence-corrected chi connectivity index (χ1v) is 3.87. The van der Waals surface area contributed by atoms with Gasteiger partial charge in [0.2, 0.25) is 11.6 Å². The molecule has 15 heavy (non-hydrogen) atoms. The van der Waals surface area contributed by atoms with Crippen LogP contribution in [0.25, 0.3) is 0 Å². The molecule has 0 aromatic carbocycles. The number of aromatic nitrogens is 3. The molecule has 0 atom stereocenters. The summed E-state index contributed by atoms with van der Waals surface area (Å²) in [6.07, 6.45) is -0.236. The minimum absolute atomic E-state index is 0.124. The van der Waals surface area contributed by atoms with Crippen molar-refractivity contribution in [3.05, 3.63) is 17.5 Å². The Balaban J connectivity index is 3.26. The lowest BCUT2D eigenvalue weighted by atomic mass is 10.3. The maximum Gasteiger partial charge on any atom is 0.303 e. The lowest BCUT2D eigenvalue weighted by molar-refractivity contribution is 0.00709. The van der Waals surface area contributed by atoms with E-state index in [4.69, 9.17) is 10.5 Å². The fourth-order valence-corrected chi connectivity index (χ4v) is 0.816. The van der Waals surface area contributed by atoms with Crippen LogP contribution in [0.3, 0.4) is 0 Å². The summed E-state index contributed by atoms with van der Waals surface area (Å²) in [5.41, 5.74) is 0. The average molecular weight is 209 g/mol. The molecule has 1 heterocycles. The molecule has 0 N–H and O–H groups in total. The predicted molar refractivity (Wildman–Crippen MR) is 43.4 cm³/mol. The monoisotopic (exact) mass is 209 g/mol. The Hall–Kier alpha value is -2.15. The Morgan fingerprint density at radius 1 is 1.27 bits per heavy atom. The fourth-order valence-electron chi connectivity index (χ4n) is 0.816. The maximum atomic E-state index is 12.8. The Morgan fingerprint density at radius 2 is 1.93 bits per heavy atom. The molecule has 0 aliphatic carbocycles. The first kappa shape index (κ1) is 10.9. The fraction of sp³-hybridized carbons (Fsp3) is 0.375. The number of nitrogens with zero attached hydrogens (tertiary/aromatic N) is 5. The highest BCUT2D eigenvalue weighted by molar-refractivity contribution is 5.14. The minimum Gasteiger partial charge on any atom is -0.211 e. The molecule has 0 amide bonds. The summed E-state index contributed by atoms with van der Waals surface area (Å²) in [5, 5.41) is 16.8. The van der Waals surface area contributed by atoms with Gasteiger partial charge in [0.1, 0.15) is 11.9 Å². The second-order valence-corrected chi connectivity index (χ2v) is 2.73. The van der Waals surface area contributed by atoms with Crippen molar-refractivity contribution in [2.45, 2.75) is 19.3 Å². The Bertz CT molecular complexity index is 452. The topological polar surface area (TPSA) is 86.2 Å². The van der Waals surface area contributed by atoms with Crippen molar-refractivity contribution in [1.29, 1.82) is 10.5 Å². The molecular weight excluding hydrogens is 204 g/mol. The highest BCUT2D eigenvalue weighted by Gasteiger charge is 2.29. The molecule has 0 aliphatic heterocycles. The molecule has 0 aliphatic rings. The Labute approximate surface area is 84.0 Å². The van der Waals surface area contributed by atoms with Crippen molar-refractivity contribution < 1.29 is 8.78 Å². The van der Waals surface area contributed by atoms with E-state index < -0.39 is 17.6 Å². The molecule has 1 aromatic heterocycles. The standard InChI is InChI=1S/C8H5F2N5/c1-8(9,10)7-14-5(2-3-11)13-6(4-12)15-7/h2H2,1H3. The van der Waals surface area contributed by atoms with Crippen molar-refractivity contribution >= 4 is 0 Å². The van der Waals surface area contributed by atoms with E-state index in [1.807, 2.05) is 0 Å². The number of alkyl halides is 2. The van der Waals surface area contributed by atoms with Gasteiger partial charge in [0.15, 0.2) is 0 Å². The average Bonchev–Trinajstić information content (AvgIpc) is 2.16. The zero-order valence-electron chi connectivity index (χ0n) is 7.70. The number of nitriles is 2. The molecule has 0 bridgehead atoms. The van der Waals surface area contributed by atoms with Crippen LogP contribution in [0.5, 0.6) is 0 Å². The number of rotatable bonds is 2. The zero-order chi connectivity index (χ0) is 11.5. The van der Waals surface area contributed by atoms with Crippen LogP contribution in [0.2, 0.25) is 0 Å². The third kappa shape index (κ3) is 2.64. The van der Waals surface area contributed by atoms with Gasteiger partial charge < -0.3 is 0 Å². The minimum atomic E-state index is -3.25. The molecule has 0 radical (unpaired) electrons. The molecular formula is C8H5F2N5. The third-order valence-electron chi connectivity index (χ3n) is 1.41. The zero-order valence-corrected chi connectivity index (χ0v) is 7.70. The van der Waals surface area contributed by atoms with E-state index in [0.717, 1.165) is 0 Å². The van der Waals surface area contributed by atoms with Crippen molar-refractivity contribution in [3.8, 4) is 12.1 Å². The molecule has 7 heteroatoms. The highest BCUT2D eigenvalue weighted by Crippen LogP contribution is 2.23. The smallest absolute Gasteiger partial charge is 0.211 e. The van der Waals surface area contributed by atoms with E-state index in [2.05, 4.69) is 15.0 Å². The summed E-state index contributed by atoms with van der Waals surface area (Å²) in [6.45, 7) is 0.611. The van der Waals surface area contributed by atoms with Crippen LogP contribution >= 0.6 is 0 Å². The van der Waals surface area contributed by atoms with Gasteiger partial charge in [-0.05, 0) is 0 Å². The lowest BCUT2D eigenvalue weighted by Crippen LogP contribution is -2.16. The molecule has 76 valence electrons. The second-order valence-electron chi connectivity index (χ2n) is 2.73. The second kappa shape index (κ2) is 3.93. The van der Waals surface area contributed by atoms with Gasteiger partial charge in [0.05, 0.1) is 12.5 Å². The van der Waals surface area contributed by atoms with Crippen LogP contribution in [-0.2, 0) is 12.3 Å². The maximum absolute atomic E-state index is 12.8. The van der Waals surface area contributed by atoms with Gasteiger partial charge in [0.25, 0.3) is 0 Å². The largest absolute Gasteiger partial charge is 0.303 e. The lowest BCUT2D eigenvalue weighted by Gasteiger charge is -2.08. The van der Waals surface area contributed by atoms with Crippen LogP contribution in [0.4, 0.5) is 8.78 Å². The molecule has 0 fully saturated rings. The van der Waals surface area contributed by atoms with Gasteiger partial charge in [-0.1, -0.05) is 0 Å². The summed E-state index contributed by atoms with van der Waals surface area (Å²) in [6, 6.07) is 3.24. The quantitative estimate of drug-likeness (QED) is 0.722. The van der Waals surface area contributed by atoms with Crippen LogP contribution < -0.4 is 0 Å². The van der Waals surface area contributed by atoms with Crippen molar-refractivity contribution in [3.63, 3.8) is 0 Å². The number of halogens is 2. The van der Waals surface area contributed by atoms with Crippen LogP contribution in [0.1, 0.15) is 24.4 Å². The van der Waals surface area contributed by atoms with Gasteiger partial charge >= 0.3 is 5.92 Å². The van der Waals surface area contributed by atoms with Gasteiger partial charge in [-0.3, -0.25) is 0 Å². The van der Waals surface area contributed by atoms with Crippen molar-refractivity contribution in [2.75, 3.05) is 0 Å². The van der Waals surface area contributed by atoms with E-state index in [1.165, 1.54) is 6.07 Å². The normalized spacial score (nSPS) is 10.5. The molecule has 0 unspecified atom stereocenters. The molecule has 0 saturated heterocycles.